The number of fused-ring (bicyclic) bond motifs is 1. The van der Waals surface area contributed by atoms with Crippen molar-refractivity contribution in [2.75, 3.05) is 12.9 Å². The lowest BCUT2D eigenvalue weighted by Gasteiger charge is -2.33. The molecule has 3 aromatic carbocycles. The van der Waals surface area contributed by atoms with Crippen molar-refractivity contribution in [3.63, 3.8) is 0 Å². The molecule has 1 aliphatic heterocycles. The minimum atomic E-state index is -0.483. The minimum absolute atomic E-state index is 0.0896. The summed E-state index contributed by atoms with van der Waals surface area (Å²) in [5, 5.41) is 22.7. The number of rotatable bonds is 5. The molecule has 2 N–H and O–H groups in total. The van der Waals surface area contributed by atoms with E-state index in [1.807, 2.05) is 24.3 Å². The average Bonchev–Trinajstić information content (AvgIpc) is 2.75. The number of halogens is 1. The summed E-state index contributed by atoms with van der Waals surface area (Å²) in [5.74, 6) is 0. The van der Waals surface area contributed by atoms with Crippen LogP contribution in [-0.2, 0) is 11.2 Å². The van der Waals surface area contributed by atoms with Crippen molar-refractivity contribution in [3.05, 3.63) is 76.3 Å². The lowest BCUT2D eigenvalue weighted by molar-refractivity contribution is -0.113. The fourth-order valence-corrected chi connectivity index (χ4v) is 4.79. The molecule has 0 spiro atoms. The summed E-state index contributed by atoms with van der Waals surface area (Å²) in [4.78, 5) is 1.23. The van der Waals surface area contributed by atoms with Crippen molar-refractivity contribution in [2.24, 2.45) is 0 Å². The smallest absolute Gasteiger partial charge is 0.0860 e. The number of aliphatic hydroxyl groups excluding tert-OH is 2. The Bertz CT molecular complexity index is 989. The molecule has 3 aromatic rings. The highest BCUT2D eigenvalue weighted by molar-refractivity contribution is 7.98. The summed E-state index contributed by atoms with van der Waals surface area (Å²) in [5.41, 5.74) is 3.27. The number of ether oxygens (including phenoxy) is 1. The third kappa shape index (κ3) is 4.47. The van der Waals surface area contributed by atoms with Crippen LogP contribution in [-0.4, -0.2) is 35.3 Å². The maximum absolute atomic E-state index is 10.3. The largest absolute Gasteiger partial charge is 0.394 e. The van der Waals surface area contributed by atoms with Crippen molar-refractivity contribution in [1.29, 1.82) is 0 Å². The van der Waals surface area contributed by atoms with E-state index in [2.05, 4.69) is 36.6 Å². The molecule has 0 aromatic heterocycles. The standard InChI is InChI=1S/C24H25ClO3S/c1-29-19-8-6-15(7-9-19)10-16-11-22(20-4-2-3-5-21(20)24(16)25)23-13-17(27)12-18(14-26)28-23/h2-9,11,17-18,23,26-27H,10,12-14H2,1H3/t17-,18-,23+/m0/s1. The van der Waals surface area contributed by atoms with Crippen LogP contribution in [0.1, 0.15) is 35.6 Å². The molecule has 1 heterocycles. The van der Waals surface area contributed by atoms with E-state index in [4.69, 9.17) is 16.3 Å². The summed E-state index contributed by atoms with van der Waals surface area (Å²) >= 11 is 8.54. The first kappa shape index (κ1) is 20.7. The van der Waals surface area contributed by atoms with E-state index >= 15 is 0 Å². The topological polar surface area (TPSA) is 49.7 Å². The van der Waals surface area contributed by atoms with Gasteiger partial charge in [-0.3, -0.25) is 0 Å². The normalized spacial score (nSPS) is 22.1. The second kappa shape index (κ2) is 9.07. The van der Waals surface area contributed by atoms with Crippen LogP contribution in [0.5, 0.6) is 0 Å². The zero-order valence-corrected chi connectivity index (χ0v) is 17.9. The van der Waals surface area contributed by atoms with Gasteiger partial charge in [0, 0.05) is 23.1 Å². The highest BCUT2D eigenvalue weighted by Crippen LogP contribution is 2.39. The average molecular weight is 429 g/mol. The Balaban J connectivity index is 1.76. The van der Waals surface area contributed by atoms with Gasteiger partial charge in [-0.15, -0.1) is 11.8 Å². The van der Waals surface area contributed by atoms with Crippen molar-refractivity contribution < 1.29 is 14.9 Å². The maximum atomic E-state index is 10.3. The molecule has 3 atom stereocenters. The van der Waals surface area contributed by atoms with Gasteiger partial charge in [0.15, 0.2) is 0 Å². The SMILES string of the molecule is CSc1ccc(Cc2cc([C@H]3C[C@@H](O)C[C@@H](CO)O3)c3ccccc3c2Cl)cc1. The maximum Gasteiger partial charge on any atom is 0.0860 e. The second-order valence-corrected chi connectivity index (χ2v) is 8.82. The van der Waals surface area contributed by atoms with Crippen LogP contribution in [0.3, 0.4) is 0 Å². The van der Waals surface area contributed by atoms with E-state index in [0.717, 1.165) is 33.3 Å². The summed E-state index contributed by atoms with van der Waals surface area (Å²) < 4.78 is 6.12. The van der Waals surface area contributed by atoms with Crippen LogP contribution in [0.25, 0.3) is 10.8 Å². The van der Waals surface area contributed by atoms with Crippen molar-refractivity contribution >= 4 is 34.1 Å². The van der Waals surface area contributed by atoms with E-state index in [1.54, 1.807) is 11.8 Å². The highest BCUT2D eigenvalue weighted by atomic mass is 35.5. The first-order valence-electron chi connectivity index (χ1n) is 9.86. The van der Waals surface area contributed by atoms with Crippen LogP contribution in [0.15, 0.2) is 59.5 Å². The van der Waals surface area contributed by atoms with Crippen molar-refractivity contribution in [3.8, 4) is 0 Å². The molecule has 29 heavy (non-hydrogen) atoms. The van der Waals surface area contributed by atoms with Gasteiger partial charge in [-0.2, -0.15) is 0 Å². The van der Waals surface area contributed by atoms with Gasteiger partial charge >= 0.3 is 0 Å². The molecule has 0 amide bonds. The van der Waals surface area contributed by atoms with E-state index in [1.165, 1.54) is 10.5 Å². The van der Waals surface area contributed by atoms with Crippen LogP contribution in [0.2, 0.25) is 5.02 Å². The number of hydrogen-bond donors (Lipinski definition) is 2. The van der Waals surface area contributed by atoms with Crippen molar-refractivity contribution in [1.82, 2.24) is 0 Å². The Morgan fingerprint density at radius 3 is 2.48 bits per heavy atom. The van der Waals surface area contributed by atoms with Gasteiger partial charge in [0.25, 0.3) is 0 Å². The van der Waals surface area contributed by atoms with Crippen molar-refractivity contribution in [2.45, 2.75) is 42.5 Å². The van der Waals surface area contributed by atoms with Crippen LogP contribution in [0.4, 0.5) is 0 Å². The Kier molecular flexibility index (Phi) is 6.47. The zero-order valence-electron chi connectivity index (χ0n) is 16.3. The quantitative estimate of drug-likeness (QED) is 0.535. The van der Waals surface area contributed by atoms with Gasteiger partial charge in [-0.25, -0.2) is 0 Å². The first-order chi connectivity index (χ1) is 14.1. The lowest BCUT2D eigenvalue weighted by Crippen LogP contribution is -2.33. The van der Waals surface area contributed by atoms with Gasteiger partial charge < -0.3 is 14.9 Å². The molecule has 3 nitrogen and oxygen atoms in total. The summed E-state index contributed by atoms with van der Waals surface area (Å²) in [6.07, 6.45) is 2.68. The third-order valence-corrected chi connectivity index (χ3v) is 6.76. The second-order valence-electron chi connectivity index (χ2n) is 7.56. The van der Waals surface area contributed by atoms with Gasteiger partial charge in [-0.05, 0) is 46.9 Å². The molecular weight excluding hydrogens is 404 g/mol. The Morgan fingerprint density at radius 1 is 1.07 bits per heavy atom. The predicted molar refractivity (Wildman–Crippen MR) is 120 cm³/mol. The van der Waals surface area contributed by atoms with Gasteiger partial charge in [0.05, 0.1) is 29.9 Å². The van der Waals surface area contributed by atoms with Crippen LogP contribution < -0.4 is 0 Å². The van der Waals surface area contributed by atoms with Crippen LogP contribution in [0, 0.1) is 0 Å². The Labute approximate surface area is 180 Å². The fraction of sp³-hybridized carbons (Fsp3) is 0.333. The number of hydrogen-bond acceptors (Lipinski definition) is 4. The number of thioether (sulfide) groups is 1. The fourth-order valence-electron chi connectivity index (χ4n) is 4.09. The Hall–Kier alpha value is -1.56. The molecule has 5 heteroatoms. The molecule has 1 saturated heterocycles. The summed E-state index contributed by atoms with van der Waals surface area (Å²) in [6, 6.07) is 18.7. The third-order valence-electron chi connectivity index (χ3n) is 5.57. The highest BCUT2D eigenvalue weighted by Gasteiger charge is 2.30. The van der Waals surface area contributed by atoms with E-state index in [-0.39, 0.29) is 18.8 Å². The molecule has 152 valence electrons. The minimum Gasteiger partial charge on any atom is -0.394 e. The first-order valence-corrected chi connectivity index (χ1v) is 11.5. The van der Waals surface area contributed by atoms with E-state index < -0.39 is 6.10 Å². The lowest BCUT2D eigenvalue weighted by atomic mass is 9.90. The number of aliphatic hydroxyl groups is 2. The van der Waals surface area contributed by atoms with Gasteiger partial charge in [0.1, 0.15) is 0 Å². The molecule has 0 saturated carbocycles. The van der Waals surface area contributed by atoms with E-state index in [0.29, 0.717) is 12.8 Å². The summed E-state index contributed by atoms with van der Waals surface area (Å²) in [6.45, 7) is -0.0896. The monoisotopic (exact) mass is 428 g/mol. The van der Waals surface area contributed by atoms with E-state index in [9.17, 15) is 10.2 Å². The predicted octanol–water partition coefficient (Wildman–Crippen LogP) is 5.38. The molecular formula is C24H25ClO3S. The number of benzene rings is 3. The molecule has 4 rings (SSSR count). The molecule has 1 aliphatic rings. The molecule has 0 bridgehead atoms. The molecule has 1 fully saturated rings. The molecule has 0 unspecified atom stereocenters. The Morgan fingerprint density at radius 2 is 1.79 bits per heavy atom. The van der Waals surface area contributed by atoms with Crippen LogP contribution >= 0.6 is 23.4 Å². The zero-order chi connectivity index (χ0) is 20.4. The molecule has 0 radical (unpaired) electrons. The van der Waals surface area contributed by atoms with Gasteiger partial charge in [0.2, 0.25) is 0 Å². The van der Waals surface area contributed by atoms with Gasteiger partial charge in [-0.1, -0.05) is 54.1 Å². The molecule has 0 aliphatic carbocycles. The summed E-state index contributed by atoms with van der Waals surface area (Å²) in [7, 11) is 0.